The van der Waals surface area contributed by atoms with Gasteiger partial charge < -0.3 is 10.1 Å². The lowest BCUT2D eigenvalue weighted by atomic mass is 10.2. The minimum atomic E-state index is -3.72. The van der Waals surface area contributed by atoms with E-state index in [0.717, 1.165) is 18.5 Å². The third kappa shape index (κ3) is 4.64. The largest absolute Gasteiger partial charge is 0.492 e. The number of benzene rings is 2. The molecule has 1 N–H and O–H groups in total. The van der Waals surface area contributed by atoms with Crippen LogP contribution in [0.1, 0.15) is 30.1 Å². The summed E-state index contributed by atoms with van der Waals surface area (Å²) in [5.41, 5.74) is 1.45. The van der Waals surface area contributed by atoms with Crippen LogP contribution >= 0.6 is 11.6 Å². The van der Waals surface area contributed by atoms with Crippen molar-refractivity contribution in [1.82, 2.24) is 14.1 Å². The topological polar surface area (TPSA) is 93.5 Å². The molecule has 1 aliphatic heterocycles. The van der Waals surface area contributed by atoms with Gasteiger partial charge in [0, 0.05) is 30.0 Å². The van der Waals surface area contributed by atoms with Crippen LogP contribution in [0.25, 0.3) is 5.69 Å². The summed E-state index contributed by atoms with van der Waals surface area (Å²) in [5.74, 6) is -0.133. The molecule has 4 rings (SSSR count). The minimum absolute atomic E-state index is 0.0518. The maximum absolute atomic E-state index is 13.1. The molecule has 2 aromatic carbocycles. The summed E-state index contributed by atoms with van der Waals surface area (Å²) in [6.45, 7) is 3.08. The lowest BCUT2D eigenvalue weighted by Gasteiger charge is -2.19. The van der Waals surface area contributed by atoms with E-state index in [1.807, 2.05) is 0 Å². The van der Waals surface area contributed by atoms with E-state index in [1.54, 1.807) is 54.2 Å². The number of carbonyl (C=O) groups excluding carboxylic acids is 1. The third-order valence-corrected chi connectivity index (χ3v) is 7.29. The monoisotopic (exact) mass is 474 g/mol. The van der Waals surface area contributed by atoms with E-state index < -0.39 is 15.9 Å². The fourth-order valence-corrected chi connectivity index (χ4v) is 5.31. The summed E-state index contributed by atoms with van der Waals surface area (Å²) >= 11 is 5.91. The molecule has 0 radical (unpaired) electrons. The second kappa shape index (κ2) is 9.32. The Morgan fingerprint density at radius 1 is 1.16 bits per heavy atom. The average molecular weight is 475 g/mol. The van der Waals surface area contributed by atoms with Gasteiger partial charge in [-0.1, -0.05) is 11.6 Å². The van der Waals surface area contributed by atoms with Crippen molar-refractivity contribution in [3.63, 3.8) is 0 Å². The fourth-order valence-electron chi connectivity index (χ4n) is 3.51. The highest BCUT2D eigenvalue weighted by Gasteiger charge is 2.30. The minimum Gasteiger partial charge on any atom is -0.492 e. The first kappa shape index (κ1) is 22.3. The summed E-state index contributed by atoms with van der Waals surface area (Å²) < 4.78 is 34.8. The molecular weight excluding hydrogens is 452 g/mol. The Hall–Kier alpha value is -2.88. The summed E-state index contributed by atoms with van der Waals surface area (Å²) in [6, 6.07) is 11.7. The number of hydrogen-bond donors (Lipinski definition) is 1. The maximum atomic E-state index is 13.1. The molecule has 1 aromatic heterocycles. The van der Waals surface area contributed by atoms with Gasteiger partial charge in [-0.3, -0.25) is 4.79 Å². The van der Waals surface area contributed by atoms with E-state index >= 15 is 0 Å². The van der Waals surface area contributed by atoms with Gasteiger partial charge in [-0.25, -0.2) is 13.1 Å². The third-order valence-electron chi connectivity index (χ3n) is 5.12. The van der Waals surface area contributed by atoms with Gasteiger partial charge in [-0.15, -0.1) is 0 Å². The molecule has 2 heterocycles. The van der Waals surface area contributed by atoms with E-state index in [0.29, 0.717) is 36.0 Å². The summed E-state index contributed by atoms with van der Waals surface area (Å²) in [6.07, 6.45) is 4.70. The molecule has 8 nitrogen and oxygen atoms in total. The van der Waals surface area contributed by atoms with Gasteiger partial charge in [-0.2, -0.15) is 9.40 Å². The number of rotatable bonds is 7. The highest BCUT2D eigenvalue weighted by atomic mass is 35.5. The van der Waals surface area contributed by atoms with Gasteiger partial charge in [0.2, 0.25) is 10.0 Å². The standard InChI is InChI=1S/C22H23ClN4O4S/c1-2-31-20-10-7-18(13-21(20)32(29,30)26-11-3-4-12-26)25-22(28)16-14-24-27(15-16)19-8-5-17(23)6-9-19/h5-10,13-15H,2-4,11-12H2,1H3,(H,25,28). The van der Waals surface area contributed by atoms with Crippen LogP contribution in [0.15, 0.2) is 59.8 Å². The molecule has 0 atom stereocenters. The number of nitrogens with one attached hydrogen (secondary N) is 1. The van der Waals surface area contributed by atoms with Crippen LogP contribution in [0, 0.1) is 0 Å². The van der Waals surface area contributed by atoms with Crippen molar-refractivity contribution in [1.29, 1.82) is 0 Å². The van der Waals surface area contributed by atoms with Crippen LogP contribution in [0.2, 0.25) is 5.02 Å². The van der Waals surface area contributed by atoms with Crippen molar-refractivity contribution in [2.45, 2.75) is 24.7 Å². The zero-order valence-electron chi connectivity index (χ0n) is 17.5. The Labute approximate surface area is 191 Å². The quantitative estimate of drug-likeness (QED) is 0.559. The van der Waals surface area contributed by atoms with Crippen molar-refractivity contribution in [2.24, 2.45) is 0 Å². The summed E-state index contributed by atoms with van der Waals surface area (Å²) in [7, 11) is -3.72. The number of ether oxygens (including phenoxy) is 1. The fraction of sp³-hybridized carbons (Fsp3) is 0.273. The Morgan fingerprint density at radius 3 is 2.56 bits per heavy atom. The lowest BCUT2D eigenvalue weighted by Crippen LogP contribution is -2.28. The zero-order valence-corrected chi connectivity index (χ0v) is 19.1. The van der Waals surface area contributed by atoms with Gasteiger partial charge in [0.25, 0.3) is 5.91 Å². The molecule has 0 saturated carbocycles. The van der Waals surface area contributed by atoms with Gasteiger partial charge in [0.05, 0.1) is 24.1 Å². The second-order valence-electron chi connectivity index (χ2n) is 7.31. The molecule has 1 fully saturated rings. The van der Waals surface area contributed by atoms with Gasteiger partial charge in [0.15, 0.2) is 0 Å². The lowest BCUT2D eigenvalue weighted by molar-refractivity contribution is 0.102. The number of sulfonamides is 1. The molecule has 0 unspecified atom stereocenters. The molecule has 0 bridgehead atoms. The molecule has 168 valence electrons. The van der Waals surface area contributed by atoms with Gasteiger partial charge >= 0.3 is 0 Å². The van der Waals surface area contributed by atoms with E-state index in [2.05, 4.69) is 10.4 Å². The summed E-state index contributed by atoms with van der Waals surface area (Å²) in [5, 5.41) is 7.57. The predicted octanol–water partition coefficient (Wildman–Crippen LogP) is 3.96. The molecule has 10 heteroatoms. The predicted molar refractivity (Wildman–Crippen MR) is 122 cm³/mol. The Bertz CT molecular complexity index is 1220. The van der Waals surface area contributed by atoms with Crippen LogP contribution in [-0.2, 0) is 10.0 Å². The van der Waals surface area contributed by atoms with Crippen LogP contribution in [-0.4, -0.2) is 48.1 Å². The van der Waals surface area contributed by atoms with Crippen molar-refractivity contribution in [3.8, 4) is 11.4 Å². The molecule has 32 heavy (non-hydrogen) atoms. The van der Waals surface area contributed by atoms with Crippen molar-refractivity contribution >= 4 is 33.2 Å². The van der Waals surface area contributed by atoms with E-state index in [-0.39, 0.29) is 10.6 Å². The summed E-state index contributed by atoms with van der Waals surface area (Å²) in [4.78, 5) is 12.8. The number of nitrogens with zero attached hydrogens (tertiary/aromatic N) is 3. The Balaban J connectivity index is 1.58. The van der Waals surface area contributed by atoms with E-state index in [1.165, 1.54) is 16.6 Å². The number of aromatic nitrogens is 2. The molecular formula is C22H23ClN4O4S. The first-order valence-corrected chi connectivity index (χ1v) is 12.1. The van der Waals surface area contributed by atoms with Crippen molar-refractivity contribution in [2.75, 3.05) is 25.0 Å². The number of anilines is 1. The highest BCUT2D eigenvalue weighted by Crippen LogP contribution is 2.31. The van der Waals surface area contributed by atoms with E-state index in [9.17, 15) is 13.2 Å². The normalized spacial score (nSPS) is 14.4. The molecule has 1 saturated heterocycles. The number of amides is 1. The van der Waals surface area contributed by atoms with Crippen molar-refractivity contribution in [3.05, 3.63) is 65.4 Å². The Morgan fingerprint density at radius 2 is 1.88 bits per heavy atom. The average Bonchev–Trinajstić information content (AvgIpc) is 3.48. The highest BCUT2D eigenvalue weighted by molar-refractivity contribution is 7.89. The van der Waals surface area contributed by atoms with Gasteiger partial charge in [-0.05, 0) is 62.2 Å². The van der Waals surface area contributed by atoms with Crippen LogP contribution in [0.5, 0.6) is 5.75 Å². The Kier molecular flexibility index (Phi) is 6.50. The second-order valence-corrected chi connectivity index (χ2v) is 9.65. The first-order chi connectivity index (χ1) is 15.4. The van der Waals surface area contributed by atoms with Crippen molar-refractivity contribution < 1.29 is 17.9 Å². The SMILES string of the molecule is CCOc1ccc(NC(=O)c2cnn(-c3ccc(Cl)cc3)c2)cc1S(=O)(=O)N1CCCC1. The van der Waals surface area contributed by atoms with E-state index in [4.69, 9.17) is 16.3 Å². The molecule has 1 amide bonds. The van der Waals surface area contributed by atoms with Crippen LogP contribution in [0.3, 0.4) is 0 Å². The molecule has 1 aliphatic rings. The molecule has 0 aliphatic carbocycles. The molecule has 3 aromatic rings. The first-order valence-electron chi connectivity index (χ1n) is 10.3. The van der Waals surface area contributed by atoms with Crippen LogP contribution in [0.4, 0.5) is 5.69 Å². The smallest absolute Gasteiger partial charge is 0.258 e. The number of hydrogen-bond acceptors (Lipinski definition) is 5. The maximum Gasteiger partial charge on any atom is 0.258 e. The number of halogens is 1. The number of carbonyl (C=O) groups is 1. The zero-order chi connectivity index (χ0) is 22.7. The van der Waals surface area contributed by atoms with Crippen LogP contribution < -0.4 is 10.1 Å². The van der Waals surface area contributed by atoms with Gasteiger partial charge in [0.1, 0.15) is 10.6 Å². The molecule has 0 spiro atoms.